The minimum atomic E-state index is -0.431. The molecule has 1 aromatic carbocycles. The number of thioether (sulfide) groups is 1. The molecule has 27 heavy (non-hydrogen) atoms. The van der Waals surface area contributed by atoms with Crippen LogP contribution in [0.25, 0.3) is 16.6 Å². The van der Waals surface area contributed by atoms with Crippen molar-refractivity contribution in [3.05, 3.63) is 47.1 Å². The van der Waals surface area contributed by atoms with Gasteiger partial charge in [-0.05, 0) is 37.4 Å². The van der Waals surface area contributed by atoms with E-state index in [1.807, 2.05) is 31.2 Å². The molecule has 9 heteroatoms. The number of amides is 1. The van der Waals surface area contributed by atoms with E-state index in [9.17, 15) is 4.79 Å². The van der Waals surface area contributed by atoms with Crippen molar-refractivity contribution in [1.82, 2.24) is 19.6 Å². The Morgan fingerprint density at radius 2 is 2.15 bits per heavy atom. The van der Waals surface area contributed by atoms with Crippen LogP contribution in [0.4, 0.5) is 5.00 Å². The van der Waals surface area contributed by atoms with Crippen molar-refractivity contribution in [3.8, 4) is 6.07 Å². The van der Waals surface area contributed by atoms with Crippen LogP contribution >= 0.6 is 23.1 Å². The number of aryl methyl sites for hydroxylation is 1. The van der Waals surface area contributed by atoms with Gasteiger partial charge in [-0.1, -0.05) is 23.9 Å². The highest BCUT2D eigenvalue weighted by atomic mass is 32.2. The highest BCUT2D eigenvalue weighted by Gasteiger charge is 2.20. The Morgan fingerprint density at radius 3 is 2.96 bits per heavy atom. The molecule has 1 amide bonds. The molecule has 0 fully saturated rings. The Kier molecular flexibility index (Phi) is 4.51. The van der Waals surface area contributed by atoms with Crippen LogP contribution < -0.4 is 5.32 Å². The minimum Gasteiger partial charge on any atom is -0.316 e. The SMILES string of the molecule is Cc1nc2c3ccccc3nc(SC(C)C(=O)Nc3sccc3C#N)n2n1. The first-order valence-corrected chi connectivity index (χ1v) is 9.90. The summed E-state index contributed by atoms with van der Waals surface area (Å²) in [4.78, 5) is 21.7. The molecule has 0 saturated carbocycles. The number of fused-ring (bicyclic) bond motifs is 3. The maximum Gasteiger partial charge on any atom is 0.238 e. The number of hydrogen-bond acceptors (Lipinski definition) is 7. The molecule has 134 valence electrons. The quantitative estimate of drug-likeness (QED) is 0.419. The number of rotatable bonds is 4. The van der Waals surface area contributed by atoms with Crippen LogP contribution in [0.2, 0.25) is 0 Å². The molecule has 4 aromatic rings. The number of carbonyl (C=O) groups excluding carboxylic acids is 1. The maximum absolute atomic E-state index is 12.6. The zero-order valence-corrected chi connectivity index (χ0v) is 16.1. The van der Waals surface area contributed by atoms with Gasteiger partial charge in [0.2, 0.25) is 5.91 Å². The predicted octanol–water partition coefficient (Wildman–Crippen LogP) is 3.64. The topological polar surface area (TPSA) is 96.0 Å². The average molecular weight is 394 g/mol. The number of para-hydroxylation sites is 1. The van der Waals surface area contributed by atoms with E-state index in [1.165, 1.54) is 23.1 Å². The second kappa shape index (κ2) is 6.98. The predicted molar refractivity (Wildman–Crippen MR) is 106 cm³/mol. The summed E-state index contributed by atoms with van der Waals surface area (Å²) in [7, 11) is 0. The molecule has 1 unspecified atom stereocenters. The Balaban J connectivity index is 1.66. The number of hydrogen-bond donors (Lipinski definition) is 1. The summed E-state index contributed by atoms with van der Waals surface area (Å²) in [6.45, 7) is 3.62. The number of nitriles is 1. The maximum atomic E-state index is 12.6. The number of anilines is 1. The first-order valence-electron chi connectivity index (χ1n) is 8.14. The van der Waals surface area contributed by atoms with Crippen molar-refractivity contribution in [2.45, 2.75) is 24.3 Å². The summed E-state index contributed by atoms with van der Waals surface area (Å²) in [5.41, 5.74) is 1.99. The standard InChI is InChI=1S/C18H14N6OS2/c1-10(16(25)22-17-12(9-19)7-8-26-17)27-18-21-14-6-4-3-5-13(14)15-20-11(2)23-24(15)18/h3-8,10H,1-2H3,(H,22,25). The lowest BCUT2D eigenvalue weighted by Crippen LogP contribution is -2.22. The molecule has 7 nitrogen and oxygen atoms in total. The molecule has 0 bridgehead atoms. The smallest absolute Gasteiger partial charge is 0.238 e. The second-order valence-electron chi connectivity index (χ2n) is 5.83. The lowest BCUT2D eigenvalue weighted by atomic mass is 10.2. The van der Waals surface area contributed by atoms with Gasteiger partial charge in [-0.15, -0.1) is 16.4 Å². The summed E-state index contributed by atoms with van der Waals surface area (Å²) in [6, 6.07) is 11.5. The monoisotopic (exact) mass is 394 g/mol. The van der Waals surface area contributed by atoms with E-state index in [2.05, 4.69) is 26.5 Å². The summed E-state index contributed by atoms with van der Waals surface area (Å²) in [5, 5.41) is 19.7. The van der Waals surface area contributed by atoms with Gasteiger partial charge in [0.15, 0.2) is 10.8 Å². The zero-order chi connectivity index (χ0) is 19.0. The van der Waals surface area contributed by atoms with Crippen LogP contribution in [-0.2, 0) is 4.79 Å². The van der Waals surface area contributed by atoms with Crippen LogP contribution in [-0.4, -0.2) is 30.7 Å². The highest BCUT2D eigenvalue weighted by Crippen LogP contribution is 2.28. The molecule has 3 heterocycles. The molecule has 0 radical (unpaired) electrons. The van der Waals surface area contributed by atoms with Crippen molar-refractivity contribution < 1.29 is 4.79 Å². The fourth-order valence-electron chi connectivity index (χ4n) is 2.63. The molecule has 4 rings (SSSR count). The number of carbonyl (C=O) groups is 1. The van der Waals surface area contributed by atoms with Crippen LogP contribution in [0.5, 0.6) is 0 Å². The van der Waals surface area contributed by atoms with Crippen LogP contribution in [0.1, 0.15) is 18.3 Å². The molecule has 1 atom stereocenters. The molecule has 0 aliphatic rings. The lowest BCUT2D eigenvalue weighted by molar-refractivity contribution is -0.115. The molecule has 0 saturated heterocycles. The fourth-order valence-corrected chi connectivity index (χ4v) is 4.23. The number of nitrogens with one attached hydrogen (secondary N) is 1. The summed E-state index contributed by atoms with van der Waals surface area (Å²) in [6.07, 6.45) is 0. The fraction of sp³-hybridized carbons (Fsp3) is 0.167. The highest BCUT2D eigenvalue weighted by molar-refractivity contribution is 8.00. The molecular formula is C18H14N6OS2. The van der Waals surface area contributed by atoms with Crippen LogP contribution in [0.15, 0.2) is 40.9 Å². The van der Waals surface area contributed by atoms with Gasteiger partial charge in [0.25, 0.3) is 0 Å². The third-order valence-electron chi connectivity index (χ3n) is 3.93. The van der Waals surface area contributed by atoms with Crippen molar-refractivity contribution in [2.24, 2.45) is 0 Å². The average Bonchev–Trinajstić information content (AvgIpc) is 3.27. The van der Waals surface area contributed by atoms with Crippen molar-refractivity contribution in [3.63, 3.8) is 0 Å². The molecular weight excluding hydrogens is 380 g/mol. The Bertz CT molecular complexity index is 1210. The van der Waals surface area contributed by atoms with Crippen molar-refractivity contribution in [2.75, 3.05) is 5.32 Å². The van der Waals surface area contributed by atoms with E-state index < -0.39 is 5.25 Å². The Labute approximate surface area is 163 Å². The van der Waals surface area contributed by atoms with Gasteiger partial charge in [0, 0.05) is 5.39 Å². The summed E-state index contributed by atoms with van der Waals surface area (Å²) >= 11 is 2.63. The minimum absolute atomic E-state index is 0.195. The third-order valence-corrected chi connectivity index (χ3v) is 5.80. The molecule has 3 aromatic heterocycles. The first kappa shape index (κ1) is 17.5. The van der Waals surface area contributed by atoms with Gasteiger partial charge >= 0.3 is 0 Å². The third kappa shape index (κ3) is 3.25. The molecule has 0 spiro atoms. The van der Waals surface area contributed by atoms with Crippen LogP contribution in [0.3, 0.4) is 0 Å². The number of thiophene rings is 1. The normalized spacial score (nSPS) is 12.2. The Hall–Kier alpha value is -2.96. The van der Waals surface area contributed by atoms with Gasteiger partial charge in [-0.25, -0.2) is 9.97 Å². The summed E-state index contributed by atoms with van der Waals surface area (Å²) < 4.78 is 1.68. The van der Waals surface area contributed by atoms with Gasteiger partial charge in [-0.3, -0.25) is 4.79 Å². The van der Waals surface area contributed by atoms with Gasteiger partial charge < -0.3 is 5.32 Å². The van der Waals surface area contributed by atoms with E-state index >= 15 is 0 Å². The van der Waals surface area contributed by atoms with E-state index in [0.29, 0.717) is 21.5 Å². The zero-order valence-electron chi connectivity index (χ0n) is 14.5. The number of nitrogens with zero attached hydrogens (tertiary/aromatic N) is 5. The van der Waals surface area contributed by atoms with Gasteiger partial charge in [-0.2, -0.15) is 9.78 Å². The molecule has 1 N–H and O–H groups in total. The first-order chi connectivity index (χ1) is 13.1. The largest absolute Gasteiger partial charge is 0.316 e. The van der Waals surface area contributed by atoms with Gasteiger partial charge in [0.05, 0.1) is 16.3 Å². The number of benzene rings is 1. The van der Waals surface area contributed by atoms with E-state index in [4.69, 9.17) is 5.26 Å². The lowest BCUT2D eigenvalue weighted by Gasteiger charge is -2.12. The summed E-state index contributed by atoms with van der Waals surface area (Å²) in [5.74, 6) is 0.447. The van der Waals surface area contributed by atoms with E-state index in [-0.39, 0.29) is 5.91 Å². The number of aromatic nitrogens is 4. The van der Waals surface area contributed by atoms with Gasteiger partial charge in [0.1, 0.15) is 16.9 Å². The van der Waals surface area contributed by atoms with Crippen LogP contribution in [0, 0.1) is 18.3 Å². The van der Waals surface area contributed by atoms with E-state index in [1.54, 1.807) is 22.9 Å². The second-order valence-corrected chi connectivity index (χ2v) is 8.05. The van der Waals surface area contributed by atoms with Crippen molar-refractivity contribution in [1.29, 1.82) is 5.26 Å². The molecule has 0 aliphatic carbocycles. The molecule has 0 aliphatic heterocycles. The Morgan fingerprint density at radius 1 is 1.33 bits per heavy atom. The van der Waals surface area contributed by atoms with E-state index in [0.717, 1.165) is 16.6 Å². The van der Waals surface area contributed by atoms with Crippen molar-refractivity contribution >= 4 is 50.6 Å².